The maximum Gasteiger partial charge on any atom is 0.263 e. The lowest BCUT2D eigenvalue weighted by Gasteiger charge is -2.32. The van der Waals surface area contributed by atoms with Crippen molar-refractivity contribution in [2.75, 3.05) is 33.3 Å². The summed E-state index contributed by atoms with van der Waals surface area (Å²) in [6.07, 6.45) is 3.29. The van der Waals surface area contributed by atoms with Crippen molar-refractivity contribution in [3.8, 4) is 0 Å². The third kappa shape index (κ3) is 3.77. The zero-order chi connectivity index (χ0) is 13.9. The zero-order valence-electron chi connectivity index (χ0n) is 12.4. The molecule has 1 unspecified atom stereocenters. The van der Waals surface area contributed by atoms with E-state index in [1.807, 2.05) is 18.0 Å². The van der Waals surface area contributed by atoms with Gasteiger partial charge in [-0.2, -0.15) is 0 Å². The first-order chi connectivity index (χ1) is 9.78. The van der Waals surface area contributed by atoms with E-state index in [0.29, 0.717) is 12.5 Å². The Bertz CT molecular complexity index is 467. The number of amides is 1. The molecule has 1 fully saturated rings. The number of fused-ring (bicyclic) bond motifs is 1. The highest BCUT2D eigenvalue weighted by atomic mass is 35.5. The van der Waals surface area contributed by atoms with Crippen molar-refractivity contribution in [1.82, 2.24) is 10.2 Å². The van der Waals surface area contributed by atoms with E-state index in [0.717, 1.165) is 44.0 Å². The molecule has 1 aromatic heterocycles. The monoisotopic (exact) mass is 330 g/mol. The highest BCUT2D eigenvalue weighted by Gasteiger charge is 2.26. The van der Waals surface area contributed by atoms with Crippen LogP contribution in [0.1, 0.15) is 33.0 Å². The molecule has 118 valence electrons. The number of nitrogens with one attached hydrogen (secondary N) is 1. The molecule has 2 aliphatic heterocycles. The minimum absolute atomic E-state index is 0. The lowest BCUT2D eigenvalue weighted by atomic mass is 9.98. The second-order valence-corrected chi connectivity index (χ2v) is 6.82. The quantitative estimate of drug-likeness (QED) is 0.924. The minimum Gasteiger partial charge on any atom is -0.376 e. The first-order valence-corrected chi connectivity index (χ1v) is 8.23. The van der Waals surface area contributed by atoms with Gasteiger partial charge in [0.2, 0.25) is 0 Å². The van der Waals surface area contributed by atoms with Crippen molar-refractivity contribution >= 4 is 29.7 Å². The molecule has 3 heterocycles. The van der Waals surface area contributed by atoms with Crippen molar-refractivity contribution in [2.24, 2.45) is 5.92 Å². The Morgan fingerprint density at radius 1 is 1.57 bits per heavy atom. The van der Waals surface area contributed by atoms with Gasteiger partial charge in [-0.15, -0.1) is 23.7 Å². The summed E-state index contributed by atoms with van der Waals surface area (Å²) in [5, 5.41) is 3.22. The Morgan fingerprint density at radius 3 is 3.19 bits per heavy atom. The second-order valence-electron chi connectivity index (χ2n) is 5.68. The van der Waals surface area contributed by atoms with Gasteiger partial charge in [-0.25, -0.2) is 0 Å². The Kier molecular flexibility index (Phi) is 6.05. The van der Waals surface area contributed by atoms with Crippen molar-refractivity contribution in [1.29, 1.82) is 0 Å². The van der Waals surface area contributed by atoms with Crippen LogP contribution in [0, 0.1) is 5.92 Å². The third-order valence-electron chi connectivity index (χ3n) is 4.14. The summed E-state index contributed by atoms with van der Waals surface area (Å²) in [6, 6.07) is 2.04. The van der Waals surface area contributed by atoms with Crippen LogP contribution in [0.5, 0.6) is 0 Å². The Morgan fingerprint density at radius 2 is 2.43 bits per heavy atom. The standard InChI is InChI=1S/C15H22N2O2S.ClH/c1-16-8-11-3-2-5-17(9-11)15(18)14-7-12-10-19-6-4-13(12)20-14;/h7,11,16H,2-6,8-10H2,1H3;1H. The maximum absolute atomic E-state index is 12.6. The molecule has 1 amide bonds. The fourth-order valence-electron chi connectivity index (χ4n) is 3.11. The molecule has 0 saturated carbocycles. The van der Waals surface area contributed by atoms with E-state index < -0.39 is 0 Å². The third-order valence-corrected chi connectivity index (χ3v) is 5.36. The van der Waals surface area contributed by atoms with Crippen LogP contribution >= 0.6 is 23.7 Å². The summed E-state index contributed by atoms with van der Waals surface area (Å²) in [5.74, 6) is 0.806. The number of thiophene rings is 1. The van der Waals surface area contributed by atoms with Crippen LogP contribution in [0.25, 0.3) is 0 Å². The summed E-state index contributed by atoms with van der Waals surface area (Å²) in [5.41, 5.74) is 1.22. The van der Waals surface area contributed by atoms with Crippen LogP contribution < -0.4 is 5.32 Å². The largest absolute Gasteiger partial charge is 0.376 e. The van der Waals surface area contributed by atoms with Crippen LogP contribution in [-0.2, 0) is 17.8 Å². The van der Waals surface area contributed by atoms with Crippen LogP contribution in [-0.4, -0.2) is 44.1 Å². The zero-order valence-corrected chi connectivity index (χ0v) is 14.0. The molecular formula is C15H23ClN2O2S. The number of likely N-dealkylation sites (tertiary alicyclic amines) is 1. The molecule has 0 radical (unpaired) electrons. The number of carbonyl (C=O) groups excluding carboxylic acids is 1. The highest BCUT2D eigenvalue weighted by molar-refractivity contribution is 7.14. The molecule has 0 aliphatic carbocycles. The number of hydrogen-bond acceptors (Lipinski definition) is 4. The van der Waals surface area contributed by atoms with Gasteiger partial charge in [0.25, 0.3) is 5.91 Å². The van der Waals surface area contributed by atoms with Gasteiger partial charge in [0.05, 0.1) is 18.1 Å². The maximum atomic E-state index is 12.6. The first-order valence-electron chi connectivity index (χ1n) is 7.41. The van der Waals surface area contributed by atoms with E-state index >= 15 is 0 Å². The van der Waals surface area contributed by atoms with E-state index in [2.05, 4.69) is 5.32 Å². The van der Waals surface area contributed by atoms with Gasteiger partial charge < -0.3 is 15.0 Å². The summed E-state index contributed by atoms with van der Waals surface area (Å²) >= 11 is 1.66. The predicted octanol–water partition coefficient (Wildman–Crippen LogP) is 2.31. The van der Waals surface area contributed by atoms with E-state index in [-0.39, 0.29) is 18.3 Å². The normalized spacial score (nSPS) is 21.6. The molecule has 2 aliphatic rings. The van der Waals surface area contributed by atoms with E-state index in [1.54, 1.807) is 11.3 Å². The molecular weight excluding hydrogens is 308 g/mol. The van der Waals surface area contributed by atoms with Crippen molar-refractivity contribution in [2.45, 2.75) is 25.9 Å². The van der Waals surface area contributed by atoms with Gasteiger partial charge in [-0.05, 0) is 44.0 Å². The highest BCUT2D eigenvalue weighted by Crippen LogP contribution is 2.29. The Labute approximate surface area is 136 Å². The van der Waals surface area contributed by atoms with Crippen molar-refractivity contribution in [3.63, 3.8) is 0 Å². The van der Waals surface area contributed by atoms with Crippen LogP contribution in [0.2, 0.25) is 0 Å². The van der Waals surface area contributed by atoms with E-state index in [4.69, 9.17) is 4.74 Å². The molecule has 1 atom stereocenters. The van der Waals surface area contributed by atoms with Gasteiger partial charge in [0.15, 0.2) is 0 Å². The van der Waals surface area contributed by atoms with Gasteiger partial charge in [0, 0.05) is 24.4 Å². The van der Waals surface area contributed by atoms with Crippen LogP contribution in [0.15, 0.2) is 6.07 Å². The smallest absolute Gasteiger partial charge is 0.263 e. The van der Waals surface area contributed by atoms with E-state index in [1.165, 1.54) is 16.9 Å². The topological polar surface area (TPSA) is 41.6 Å². The molecule has 1 N–H and O–H groups in total. The molecule has 21 heavy (non-hydrogen) atoms. The molecule has 3 rings (SSSR count). The number of hydrogen-bond donors (Lipinski definition) is 1. The molecule has 0 spiro atoms. The van der Waals surface area contributed by atoms with E-state index in [9.17, 15) is 4.79 Å². The molecule has 1 aromatic rings. The van der Waals surface area contributed by atoms with Crippen molar-refractivity contribution in [3.05, 3.63) is 21.4 Å². The summed E-state index contributed by atoms with van der Waals surface area (Å²) in [4.78, 5) is 16.9. The first kappa shape index (κ1) is 16.7. The number of piperidine rings is 1. The summed E-state index contributed by atoms with van der Waals surface area (Å²) in [6.45, 7) is 4.24. The Balaban J connectivity index is 0.00000161. The minimum atomic E-state index is 0. The van der Waals surface area contributed by atoms with Crippen LogP contribution in [0.3, 0.4) is 0 Å². The number of rotatable bonds is 3. The predicted molar refractivity (Wildman–Crippen MR) is 87.5 cm³/mol. The number of nitrogens with zero attached hydrogens (tertiary/aromatic N) is 1. The average Bonchev–Trinajstić information content (AvgIpc) is 2.91. The second kappa shape index (κ2) is 7.58. The molecule has 0 bridgehead atoms. The van der Waals surface area contributed by atoms with Gasteiger partial charge in [-0.1, -0.05) is 0 Å². The fraction of sp³-hybridized carbons (Fsp3) is 0.667. The molecule has 4 nitrogen and oxygen atoms in total. The summed E-state index contributed by atoms with van der Waals surface area (Å²) < 4.78 is 5.46. The number of ether oxygens (including phenoxy) is 1. The van der Waals surface area contributed by atoms with Crippen molar-refractivity contribution < 1.29 is 9.53 Å². The summed E-state index contributed by atoms with van der Waals surface area (Å²) in [7, 11) is 1.98. The number of halogens is 1. The van der Waals surface area contributed by atoms with Gasteiger partial charge in [-0.3, -0.25) is 4.79 Å². The lowest BCUT2D eigenvalue weighted by Crippen LogP contribution is -2.42. The Hall–Kier alpha value is -0.620. The molecule has 1 saturated heterocycles. The van der Waals surface area contributed by atoms with Gasteiger partial charge in [0.1, 0.15) is 0 Å². The fourth-order valence-corrected chi connectivity index (χ4v) is 4.23. The molecule has 0 aromatic carbocycles. The average molecular weight is 331 g/mol. The molecule has 6 heteroatoms. The SMILES string of the molecule is CNCC1CCCN(C(=O)c2cc3c(s2)CCOC3)C1.Cl. The lowest BCUT2D eigenvalue weighted by molar-refractivity contribution is 0.0679. The number of carbonyl (C=O) groups is 1. The van der Waals surface area contributed by atoms with Crippen LogP contribution in [0.4, 0.5) is 0 Å². The van der Waals surface area contributed by atoms with Gasteiger partial charge >= 0.3 is 0 Å².